The van der Waals surface area contributed by atoms with Gasteiger partial charge in [0.15, 0.2) is 5.17 Å². The molecule has 132 valence electrons. The number of pyridine rings is 1. The van der Waals surface area contributed by atoms with E-state index in [2.05, 4.69) is 4.98 Å². The molecule has 1 aromatic heterocycles. The Morgan fingerprint density at radius 2 is 1.63 bits per heavy atom. The second-order valence-corrected chi connectivity index (χ2v) is 7.03. The third-order valence-corrected chi connectivity index (χ3v) is 4.96. The fourth-order valence-corrected chi connectivity index (χ4v) is 3.73. The molecule has 1 amide bonds. The molecule has 4 nitrogen and oxygen atoms in total. The average Bonchev–Trinajstić information content (AvgIpc) is 2.98. The summed E-state index contributed by atoms with van der Waals surface area (Å²) in [6.07, 6.45) is 1.82. The molecule has 0 N–H and O–H groups in total. The van der Waals surface area contributed by atoms with Gasteiger partial charge in [0.25, 0.3) is 5.91 Å². The smallest absolute Gasteiger partial charge is 0.268 e. The number of aryl methyl sites for hydroxylation is 1. The van der Waals surface area contributed by atoms with Gasteiger partial charge in [0, 0.05) is 5.69 Å². The van der Waals surface area contributed by atoms with Crippen molar-refractivity contribution < 1.29 is 4.79 Å². The van der Waals surface area contributed by atoms with Crippen LogP contribution in [0.2, 0.25) is 0 Å². The Bertz CT molecular complexity index is 1030. The zero-order chi connectivity index (χ0) is 18.6. The summed E-state index contributed by atoms with van der Waals surface area (Å²) in [6, 6.07) is 25.0. The number of carbonyl (C=O) groups excluding carboxylic acids is 1. The van der Waals surface area contributed by atoms with E-state index in [1.807, 2.05) is 91.9 Å². The van der Waals surface area contributed by atoms with Crippen LogP contribution in [0.25, 0.3) is 6.08 Å². The largest absolute Gasteiger partial charge is 0.271 e. The van der Waals surface area contributed by atoms with Crippen molar-refractivity contribution in [2.75, 3.05) is 4.90 Å². The van der Waals surface area contributed by atoms with Crippen molar-refractivity contribution >= 4 is 40.3 Å². The molecule has 1 fully saturated rings. The molecule has 0 atom stereocenters. The number of carbonyl (C=O) groups is 1. The van der Waals surface area contributed by atoms with Crippen LogP contribution in [-0.2, 0) is 4.79 Å². The molecule has 0 radical (unpaired) electrons. The van der Waals surface area contributed by atoms with Gasteiger partial charge >= 0.3 is 0 Å². The van der Waals surface area contributed by atoms with Crippen molar-refractivity contribution in [1.82, 2.24) is 4.98 Å². The number of hydrogen-bond acceptors (Lipinski definition) is 4. The molecule has 0 bridgehead atoms. The van der Waals surface area contributed by atoms with Crippen molar-refractivity contribution in [3.05, 3.63) is 95.2 Å². The van der Waals surface area contributed by atoms with Gasteiger partial charge in [-0.25, -0.2) is 4.99 Å². The summed E-state index contributed by atoms with van der Waals surface area (Å²) < 4.78 is 0. The molecule has 0 saturated carbocycles. The Hall–Kier alpha value is -3.18. The number of nitrogens with zero attached hydrogens (tertiary/aromatic N) is 3. The van der Waals surface area contributed by atoms with Crippen molar-refractivity contribution in [2.45, 2.75) is 6.92 Å². The average molecular weight is 371 g/mol. The lowest BCUT2D eigenvalue weighted by Crippen LogP contribution is -2.28. The second-order valence-electron chi connectivity index (χ2n) is 6.02. The minimum atomic E-state index is -0.0933. The molecule has 2 heterocycles. The summed E-state index contributed by atoms with van der Waals surface area (Å²) >= 11 is 1.36. The third-order valence-electron chi connectivity index (χ3n) is 3.99. The number of rotatable bonds is 3. The Labute approximate surface area is 162 Å². The van der Waals surface area contributed by atoms with Gasteiger partial charge in [-0.3, -0.25) is 14.7 Å². The Balaban J connectivity index is 1.77. The molecule has 27 heavy (non-hydrogen) atoms. The van der Waals surface area contributed by atoms with Gasteiger partial charge in [-0.15, -0.1) is 0 Å². The maximum Gasteiger partial charge on any atom is 0.271 e. The van der Waals surface area contributed by atoms with E-state index in [0.29, 0.717) is 10.1 Å². The Morgan fingerprint density at radius 3 is 2.33 bits per heavy atom. The zero-order valence-corrected chi connectivity index (χ0v) is 15.6. The van der Waals surface area contributed by atoms with Crippen molar-refractivity contribution in [3.8, 4) is 0 Å². The predicted molar refractivity (Wildman–Crippen MR) is 112 cm³/mol. The van der Waals surface area contributed by atoms with E-state index in [1.54, 1.807) is 4.90 Å². The molecular formula is C22H17N3OS. The normalized spacial score (nSPS) is 17.1. The van der Waals surface area contributed by atoms with E-state index >= 15 is 0 Å². The van der Waals surface area contributed by atoms with Gasteiger partial charge in [-0.05, 0) is 61.2 Å². The Morgan fingerprint density at radius 1 is 0.926 bits per heavy atom. The van der Waals surface area contributed by atoms with Gasteiger partial charge in [0.05, 0.1) is 22.0 Å². The summed E-state index contributed by atoms with van der Waals surface area (Å²) in [7, 11) is 0. The van der Waals surface area contributed by atoms with Crippen LogP contribution in [-0.4, -0.2) is 16.1 Å². The number of amides is 1. The summed E-state index contributed by atoms with van der Waals surface area (Å²) in [5.74, 6) is -0.0933. The molecule has 3 aromatic rings. The summed E-state index contributed by atoms with van der Waals surface area (Å²) in [4.78, 5) is 24.6. The van der Waals surface area contributed by atoms with E-state index in [-0.39, 0.29) is 5.91 Å². The second kappa shape index (κ2) is 7.60. The lowest BCUT2D eigenvalue weighted by atomic mass is 10.2. The first-order valence-electron chi connectivity index (χ1n) is 8.57. The molecule has 1 aliphatic rings. The van der Waals surface area contributed by atoms with Crippen LogP contribution in [0, 0.1) is 6.92 Å². The van der Waals surface area contributed by atoms with E-state index in [9.17, 15) is 4.79 Å². The molecule has 1 aliphatic heterocycles. The Kier molecular flexibility index (Phi) is 4.85. The number of anilines is 1. The predicted octanol–water partition coefficient (Wildman–Crippen LogP) is 5.20. The number of thioether (sulfide) groups is 1. The van der Waals surface area contributed by atoms with Crippen LogP contribution in [0.1, 0.15) is 11.4 Å². The molecule has 4 rings (SSSR count). The monoisotopic (exact) mass is 371 g/mol. The highest BCUT2D eigenvalue weighted by atomic mass is 32.2. The first kappa shape index (κ1) is 17.2. The SMILES string of the molecule is Cc1cccc(/C=C2/SC(=Nc3ccccc3)N(c3ccccc3)C2=O)n1. The van der Waals surface area contributed by atoms with Crippen LogP contribution < -0.4 is 4.90 Å². The van der Waals surface area contributed by atoms with Crippen LogP contribution in [0.3, 0.4) is 0 Å². The first-order chi connectivity index (χ1) is 13.2. The maximum absolute atomic E-state index is 13.1. The van der Waals surface area contributed by atoms with Crippen molar-refractivity contribution in [3.63, 3.8) is 0 Å². The summed E-state index contributed by atoms with van der Waals surface area (Å²) in [5.41, 5.74) is 3.28. The lowest BCUT2D eigenvalue weighted by Gasteiger charge is -2.15. The highest BCUT2D eigenvalue weighted by Crippen LogP contribution is 2.37. The third kappa shape index (κ3) is 3.83. The van der Waals surface area contributed by atoms with E-state index < -0.39 is 0 Å². The highest BCUT2D eigenvalue weighted by Gasteiger charge is 2.34. The van der Waals surface area contributed by atoms with Gasteiger partial charge in [0.2, 0.25) is 0 Å². The minimum Gasteiger partial charge on any atom is -0.268 e. The van der Waals surface area contributed by atoms with Crippen LogP contribution >= 0.6 is 11.8 Å². The number of para-hydroxylation sites is 2. The summed E-state index contributed by atoms with van der Waals surface area (Å²) in [6.45, 7) is 1.93. The quantitative estimate of drug-likeness (QED) is 0.595. The fraction of sp³-hybridized carbons (Fsp3) is 0.0455. The summed E-state index contributed by atoms with van der Waals surface area (Å²) in [5, 5.41) is 0.635. The first-order valence-corrected chi connectivity index (χ1v) is 9.39. The van der Waals surface area contributed by atoms with Crippen LogP contribution in [0.4, 0.5) is 11.4 Å². The van der Waals surface area contributed by atoms with Gasteiger partial charge in [-0.1, -0.05) is 42.5 Å². The molecule has 0 spiro atoms. The zero-order valence-electron chi connectivity index (χ0n) is 14.7. The minimum absolute atomic E-state index is 0.0933. The lowest BCUT2D eigenvalue weighted by molar-refractivity contribution is -0.113. The molecule has 0 unspecified atom stereocenters. The van der Waals surface area contributed by atoms with Crippen molar-refractivity contribution in [1.29, 1.82) is 0 Å². The highest BCUT2D eigenvalue weighted by molar-refractivity contribution is 8.19. The van der Waals surface area contributed by atoms with Crippen molar-refractivity contribution in [2.24, 2.45) is 4.99 Å². The van der Waals surface area contributed by atoms with E-state index in [0.717, 1.165) is 22.8 Å². The molecule has 2 aromatic carbocycles. The van der Waals surface area contributed by atoms with E-state index in [1.165, 1.54) is 11.8 Å². The van der Waals surface area contributed by atoms with Crippen LogP contribution in [0.5, 0.6) is 0 Å². The number of hydrogen-bond donors (Lipinski definition) is 0. The number of aliphatic imine (C=N–C) groups is 1. The van der Waals surface area contributed by atoms with E-state index in [4.69, 9.17) is 4.99 Å². The number of aromatic nitrogens is 1. The number of amidine groups is 1. The van der Waals surface area contributed by atoms with Gasteiger partial charge < -0.3 is 0 Å². The van der Waals surface area contributed by atoms with Gasteiger partial charge in [-0.2, -0.15) is 0 Å². The topological polar surface area (TPSA) is 45.6 Å². The van der Waals surface area contributed by atoms with Crippen LogP contribution in [0.15, 0.2) is 88.8 Å². The fourth-order valence-electron chi connectivity index (χ4n) is 2.75. The molecule has 0 aliphatic carbocycles. The molecular weight excluding hydrogens is 354 g/mol. The van der Waals surface area contributed by atoms with Gasteiger partial charge in [0.1, 0.15) is 0 Å². The number of benzene rings is 2. The maximum atomic E-state index is 13.1. The molecule has 1 saturated heterocycles. The standard InChI is InChI=1S/C22H17N3OS/c1-16-9-8-12-18(23-16)15-20-21(26)25(19-13-6-3-7-14-19)22(27-20)24-17-10-4-2-5-11-17/h2-15H,1H3/b20-15+,24-22?. The molecule has 5 heteroatoms.